The quantitative estimate of drug-likeness (QED) is 0.744. The normalized spacial score (nSPS) is 20.7. The van der Waals surface area contributed by atoms with E-state index in [1.54, 1.807) is 0 Å². The molecule has 3 rings (SSSR count). The minimum absolute atomic E-state index is 0.0716. The van der Waals surface area contributed by atoms with Gasteiger partial charge in [-0.15, -0.1) is 0 Å². The maximum atomic E-state index is 12.0. The van der Waals surface area contributed by atoms with E-state index in [0.717, 1.165) is 36.6 Å². The Hall–Kier alpha value is -1.70. The van der Waals surface area contributed by atoms with Gasteiger partial charge in [0.1, 0.15) is 5.78 Å². The molecule has 1 aromatic heterocycles. The van der Waals surface area contributed by atoms with Crippen molar-refractivity contribution in [1.29, 1.82) is 0 Å². The van der Waals surface area contributed by atoms with Crippen LogP contribution in [0.5, 0.6) is 0 Å². The zero-order valence-corrected chi connectivity index (χ0v) is 9.73. The van der Waals surface area contributed by atoms with Crippen molar-refractivity contribution in [1.82, 2.24) is 4.98 Å². The summed E-state index contributed by atoms with van der Waals surface area (Å²) >= 11 is 0. The van der Waals surface area contributed by atoms with E-state index in [2.05, 4.69) is 17.1 Å². The highest BCUT2D eigenvalue weighted by atomic mass is 16.1. The molecule has 1 heterocycles. The summed E-state index contributed by atoms with van der Waals surface area (Å²) < 4.78 is 0. The summed E-state index contributed by atoms with van der Waals surface area (Å²) in [5.41, 5.74) is 1.12. The molecule has 1 aromatic carbocycles. The van der Waals surface area contributed by atoms with E-state index in [9.17, 15) is 4.79 Å². The van der Waals surface area contributed by atoms with Gasteiger partial charge in [-0.25, -0.2) is 0 Å². The Morgan fingerprint density at radius 2 is 2.00 bits per heavy atom. The molecular weight excluding hydrogens is 210 g/mol. The van der Waals surface area contributed by atoms with Crippen molar-refractivity contribution < 1.29 is 4.79 Å². The zero-order valence-electron chi connectivity index (χ0n) is 9.73. The Kier molecular flexibility index (Phi) is 2.63. The molecule has 0 N–H and O–H groups in total. The van der Waals surface area contributed by atoms with Gasteiger partial charge in [0.2, 0.25) is 0 Å². The Bertz CT molecular complexity index is 556. The summed E-state index contributed by atoms with van der Waals surface area (Å²) in [6.07, 6.45) is 7.65. The number of ketones is 1. The molecule has 0 bridgehead atoms. The van der Waals surface area contributed by atoms with Gasteiger partial charge in [0.15, 0.2) is 0 Å². The molecule has 2 aromatic rings. The van der Waals surface area contributed by atoms with Gasteiger partial charge in [-0.05, 0) is 23.8 Å². The first-order chi connectivity index (χ1) is 8.36. The second-order valence-electron chi connectivity index (χ2n) is 4.71. The van der Waals surface area contributed by atoms with Gasteiger partial charge in [0.05, 0.1) is 0 Å². The number of fused-ring (bicyclic) bond motifs is 1. The fraction of sp³-hybridized carbons (Fsp3) is 0.333. The smallest absolute Gasteiger partial charge is 0.140 e. The minimum atomic E-state index is 0.0716. The predicted molar refractivity (Wildman–Crippen MR) is 68.0 cm³/mol. The maximum absolute atomic E-state index is 12.0. The van der Waals surface area contributed by atoms with Crippen molar-refractivity contribution in [3.05, 3.63) is 42.2 Å². The van der Waals surface area contributed by atoms with Crippen LogP contribution >= 0.6 is 0 Å². The SMILES string of the molecule is O=C1CCCCC1c1cncc2ccccc12. The van der Waals surface area contributed by atoms with Crippen molar-refractivity contribution >= 4 is 16.6 Å². The van der Waals surface area contributed by atoms with Crippen LogP contribution in [0.3, 0.4) is 0 Å². The number of carbonyl (C=O) groups is 1. The Morgan fingerprint density at radius 3 is 2.88 bits per heavy atom. The lowest BCUT2D eigenvalue weighted by molar-refractivity contribution is -0.121. The number of hydrogen-bond acceptors (Lipinski definition) is 2. The number of nitrogens with zero attached hydrogens (tertiary/aromatic N) is 1. The maximum Gasteiger partial charge on any atom is 0.140 e. The largest absolute Gasteiger partial charge is 0.299 e. The van der Waals surface area contributed by atoms with Crippen molar-refractivity contribution in [2.24, 2.45) is 0 Å². The molecular formula is C15H15NO. The summed E-state index contributed by atoms with van der Waals surface area (Å²) in [7, 11) is 0. The number of carbonyl (C=O) groups excluding carboxylic acids is 1. The Balaban J connectivity index is 2.13. The molecule has 0 spiro atoms. The lowest BCUT2D eigenvalue weighted by atomic mass is 9.82. The highest BCUT2D eigenvalue weighted by Gasteiger charge is 2.25. The number of hydrogen-bond donors (Lipinski definition) is 0. The molecule has 0 aliphatic heterocycles. The lowest BCUT2D eigenvalue weighted by Crippen LogP contribution is -2.17. The summed E-state index contributed by atoms with van der Waals surface area (Å²) in [5, 5.41) is 2.31. The van der Waals surface area contributed by atoms with Crippen molar-refractivity contribution in [3.63, 3.8) is 0 Å². The van der Waals surface area contributed by atoms with Crippen molar-refractivity contribution in [2.75, 3.05) is 0 Å². The summed E-state index contributed by atoms with van der Waals surface area (Å²) in [6.45, 7) is 0. The van der Waals surface area contributed by atoms with Gasteiger partial charge in [-0.2, -0.15) is 0 Å². The standard InChI is InChI=1S/C15H15NO/c17-15-8-4-3-7-13(15)14-10-16-9-11-5-1-2-6-12(11)14/h1-2,5-6,9-10,13H,3-4,7-8H2. The molecule has 1 atom stereocenters. The van der Waals surface area contributed by atoms with E-state index in [1.165, 1.54) is 5.39 Å². The summed E-state index contributed by atoms with van der Waals surface area (Å²) in [5.74, 6) is 0.455. The zero-order chi connectivity index (χ0) is 11.7. The first-order valence-corrected chi connectivity index (χ1v) is 6.21. The highest BCUT2D eigenvalue weighted by Crippen LogP contribution is 2.33. The van der Waals surface area contributed by atoms with Gasteiger partial charge in [-0.1, -0.05) is 30.7 Å². The monoisotopic (exact) mass is 225 g/mol. The average Bonchev–Trinajstić information content (AvgIpc) is 2.39. The van der Waals surface area contributed by atoms with E-state index < -0.39 is 0 Å². The lowest BCUT2D eigenvalue weighted by Gasteiger charge is -2.21. The van der Waals surface area contributed by atoms with Crippen LogP contribution in [0.15, 0.2) is 36.7 Å². The third-order valence-electron chi connectivity index (χ3n) is 3.63. The van der Waals surface area contributed by atoms with E-state index in [0.29, 0.717) is 5.78 Å². The average molecular weight is 225 g/mol. The van der Waals surface area contributed by atoms with Gasteiger partial charge in [0.25, 0.3) is 0 Å². The summed E-state index contributed by atoms with van der Waals surface area (Å²) in [6, 6.07) is 8.18. The van der Waals surface area contributed by atoms with Gasteiger partial charge in [0, 0.05) is 30.1 Å². The van der Waals surface area contributed by atoms with Crippen LogP contribution in [0.4, 0.5) is 0 Å². The molecule has 1 saturated carbocycles. The van der Waals surface area contributed by atoms with Crippen molar-refractivity contribution in [3.8, 4) is 0 Å². The minimum Gasteiger partial charge on any atom is -0.299 e. The van der Waals surface area contributed by atoms with Gasteiger partial charge >= 0.3 is 0 Å². The molecule has 2 heteroatoms. The molecule has 2 nitrogen and oxygen atoms in total. The number of aromatic nitrogens is 1. The molecule has 1 fully saturated rings. The van der Waals surface area contributed by atoms with Crippen LogP contribution < -0.4 is 0 Å². The van der Waals surface area contributed by atoms with Crippen LogP contribution in [0, 0.1) is 0 Å². The fourth-order valence-electron chi connectivity index (χ4n) is 2.73. The topological polar surface area (TPSA) is 30.0 Å². The third-order valence-corrected chi connectivity index (χ3v) is 3.63. The van der Waals surface area contributed by atoms with Crippen LogP contribution in [0.25, 0.3) is 10.8 Å². The van der Waals surface area contributed by atoms with E-state index in [-0.39, 0.29) is 5.92 Å². The molecule has 0 amide bonds. The number of rotatable bonds is 1. The van der Waals surface area contributed by atoms with E-state index in [1.807, 2.05) is 24.5 Å². The predicted octanol–water partition coefficient (Wildman–Crippen LogP) is 3.46. The molecule has 17 heavy (non-hydrogen) atoms. The first-order valence-electron chi connectivity index (χ1n) is 6.21. The van der Waals surface area contributed by atoms with Crippen LogP contribution in [0.2, 0.25) is 0 Å². The number of pyridine rings is 1. The molecule has 1 aliphatic rings. The molecule has 86 valence electrons. The second kappa shape index (κ2) is 4.28. The van der Waals surface area contributed by atoms with Gasteiger partial charge in [-0.3, -0.25) is 9.78 Å². The van der Waals surface area contributed by atoms with E-state index in [4.69, 9.17) is 0 Å². The van der Waals surface area contributed by atoms with E-state index >= 15 is 0 Å². The number of Topliss-reactive ketones (excluding diaryl/α,β-unsaturated/α-hetero) is 1. The molecule has 1 aliphatic carbocycles. The summed E-state index contributed by atoms with van der Waals surface area (Å²) in [4.78, 5) is 16.3. The van der Waals surface area contributed by atoms with Crippen LogP contribution in [-0.4, -0.2) is 10.8 Å². The van der Waals surface area contributed by atoms with Crippen LogP contribution in [0.1, 0.15) is 37.2 Å². The Labute approximate surface area is 101 Å². The second-order valence-corrected chi connectivity index (χ2v) is 4.71. The molecule has 0 saturated heterocycles. The molecule has 1 unspecified atom stereocenters. The number of benzene rings is 1. The molecule has 0 radical (unpaired) electrons. The fourth-order valence-corrected chi connectivity index (χ4v) is 2.73. The highest BCUT2D eigenvalue weighted by molar-refractivity contribution is 5.93. The Morgan fingerprint density at radius 1 is 1.12 bits per heavy atom. The van der Waals surface area contributed by atoms with Crippen LogP contribution in [-0.2, 0) is 4.79 Å². The van der Waals surface area contributed by atoms with Gasteiger partial charge < -0.3 is 0 Å². The van der Waals surface area contributed by atoms with Crippen molar-refractivity contribution in [2.45, 2.75) is 31.6 Å². The first kappa shape index (κ1) is 10.5. The third kappa shape index (κ3) is 1.84.